The monoisotopic (exact) mass is 244 g/mol. The smallest absolute Gasteiger partial charge is 0.305 e. The van der Waals surface area contributed by atoms with Gasteiger partial charge in [-0.1, -0.05) is 6.42 Å². The third kappa shape index (κ3) is 11.2. The van der Waals surface area contributed by atoms with Gasteiger partial charge in [-0.2, -0.15) is 0 Å². The molecule has 0 spiro atoms. The van der Waals surface area contributed by atoms with Crippen LogP contribution >= 0.6 is 0 Å². The van der Waals surface area contributed by atoms with E-state index < -0.39 is 0 Å². The molecule has 17 heavy (non-hydrogen) atoms. The van der Waals surface area contributed by atoms with Gasteiger partial charge in [-0.05, 0) is 33.2 Å². The number of carbonyl (C=O) groups is 2. The van der Waals surface area contributed by atoms with Gasteiger partial charge in [0.05, 0.1) is 13.2 Å². The fourth-order valence-corrected chi connectivity index (χ4v) is 1.39. The molecule has 0 fully saturated rings. The molecule has 0 radical (unpaired) electrons. The van der Waals surface area contributed by atoms with Gasteiger partial charge < -0.3 is 15.4 Å². The lowest BCUT2D eigenvalue weighted by Gasteiger charge is -2.05. The highest BCUT2D eigenvalue weighted by atomic mass is 16.5. The first-order chi connectivity index (χ1) is 8.20. The second-order valence-electron chi connectivity index (χ2n) is 3.75. The fourth-order valence-electron chi connectivity index (χ4n) is 1.39. The zero-order valence-corrected chi connectivity index (χ0v) is 10.9. The summed E-state index contributed by atoms with van der Waals surface area (Å²) in [5, 5.41) is 5.77. The van der Waals surface area contributed by atoms with Crippen LogP contribution in [0.4, 0.5) is 0 Å². The molecule has 0 aliphatic heterocycles. The van der Waals surface area contributed by atoms with Gasteiger partial charge >= 0.3 is 5.97 Å². The van der Waals surface area contributed by atoms with E-state index in [1.54, 1.807) is 0 Å². The number of ether oxygens (including phenoxy) is 1. The summed E-state index contributed by atoms with van der Waals surface area (Å²) in [6.45, 7) is 6.00. The number of nitrogens with one attached hydrogen (secondary N) is 2. The lowest BCUT2D eigenvalue weighted by atomic mass is 10.2. The molecule has 0 saturated heterocycles. The molecule has 0 heterocycles. The highest BCUT2D eigenvalue weighted by Crippen LogP contribution is 2.00. The average molecular weight is 244 g/mol. The van der Waals surface area contributed by atoms with E-state index in [0.29, 0.717) is 26.1 Å². The molecule has 5 heteroatoms. The maximum absolute atomic E-state index is 11.1. The van der Waals surface area contributed by atoms with Gasteiger partial charge in [0, 0.05) is 13.0 Å². The maximum Gasteiger partial charge on any atom is 0.305 e. The molecule has 0 bridgehead atoms. The summed E-state index contributed by atoms with van der Waals surface area (Å²) < 4.78 is 4.82. The number of unbranched alkanes of at least 4 members (excludes halogenated alkanes) is 2. The van der Waals surface area contributed by atoms with Crippen LogP contribution in [0.1, 0.15) is 39.5 Å². The summed E-state index contributed by atoms with van der Waals surface area (Å²) in [6.07, 6.45) is 3.28. The van der Waals surface area contributed by atoms with Crippen LogP contribution < -0.4 is 10.6 Å². The Balaban J connectivity index is 3.18. The minimum atomic E-state index is -0.122. The standard InChI is InChI=1S/C12H24N2O3/c1-3-14-11(15)10-13-9-7-5-6-8-12(16)17-4-2/h13H,3-10H2,1-2H3,(H,14,15). The second-order valence-corrected chi connectivity index (χ2v) is 3.75. The highest BCUT2D eigenvalue weighted by Gasteiger charge is 2.01. The molecule has 0 saturated carbocycles. The van der Waals surface area contributed by atoms with Crippen LogP contribution in [0, 0.1) is 0 Å². The van der Waals surface area contributed by atoms with Gasteiger partial charge in [-0.3, -0.25) is 9.59 Å². The number of amides is 1. The van der Waals surface area contributed by atoms with Gasteiger partial charge in [-0.25, -0.2) is 0 Å². The lowest BCUT2D eigenvalue weighted by Crippen LogP contribution is -2.34. The van der Waals surface area contributed by atoms with E-state index in [2.05, 4.69) is 10.6 Å². The number of hydrogen-bond donors (Lipinski definition) is 2. The van der Waals surface area contributed by atoms with Crippen molar-refractivity contribution in [2.24, 2.45) is 0 Å². The molecular formula is C12H24N2O3. The predicted octanol–water partition coefficient (Wildman–Crippen LogP) is 0.836. The highest BCUT2D eigenvalue weighted by molar-refractivity contribution is 5.77. The maximum atomic E-state index is 11.1. The van der Waals surface area contributed by atoms with E-state index >= 15 is 0 Å². The predicted molar refractivity (Wildman–Crippen MR) is 66.7 cm³/mol. The Labute approximate surface area is 103 Å². The van der Waals surface area contributed by atoms with Crippen LogP contribution in [0.3, 0.4) is 0 Å². The molecule has 0 aliphatic rings. The molecule has 5 nitrogen and oxygen atoms in total. The van der Waals surface area contributed by atoms with Gasteiger partial charge in [0.15, 0.2) is 0 Å². The normalized spacial score (nSPS) is 10.0. The molecule has 2 N–H and O–H groups in total. The molecule has 0 rings (SSSR count). The minimum absolute atomic E-state index is 0.0269. The molecule has 1 amide bonds. The molecule has 0 aromatic heterocycles. The Morgan fingerprint density at radius 1 is 1.12 bits per heavy atom. The number of likely N-dealkylation sites (N-methyl/N-ethyl adjacent to an activating group) is 1. The SMILES string of the molecule is CCNC(=O)CNCCCCCC(=O)OCC. The number of rotatable bonds is 10. The first-order valence-corrected chi connectivity index (χ1v) is 6.33. The number of carbonyl (C=O) groups excluding carboxylic acids is 2. The summed E-state index contributed by atoms with van der Waals surface area (Å²) >= 11 is 0. The van der Waals surface area contributed by atoms with E-state index in [4.69, 9.17) is 4.74 Å². The Morgan fingerprint density at radius 3 is 2.53 bits per heavy atom. The zero-order valence-electron chi connectivity index (χ0n) is 10.9. The topological polar surface area (TPSA) is 67.4 Å². The van der Waals surface area contributed by atoms with E-state index in [1.165, 1.54) is 0 Å². The minimum Gasteiger partial charge on any atom is -0.466 e. The van der Waals surface area contributed by atoms with Gasteiger partial charge in [0.1, 0.15) is 0 Å². The summed E-state index contributed by atoms with van der Waals surface area (Å²) in [4.78, 5) is 22.1. The van der Waals surface area contributed by atoms with Crippen LogP contribution in [0.2, 0.25) is 0 Å². The van der Waals surface area contributed by atoms with Crippen LogP contribution in [0.5, 0.6) is 0 Å². The van der Waals surface area contributed by atoms with E-state index in [0.717, 1.165) is 25.8 Å². The van der Waals surface area contributed by atoms with Crippen molar-refractivity contribution < 1.29 is 14.3 Å². The summed E-state index contributed by atoms with van der Waals surface area (Å²) in [5.41, 5.74) is 0. The Morgan fingerprint density at radius 2 is 1.88 bits per heavy atom. The zero-order chi connectivity index (χ0) is 12.9. The first-order valence-electron chi connectivity index (χ1n) is 6.33. The lowest BCUT2D eigenvalue weighted by molar-refractivity contribution is -0.143. The fraction of sp³-hybridized carbons (Fsp3) is 0.833. The summed E-state index contributed by atoms with van der Waals surface area (Å²) in [6, 6.07) is 0. The molecule has 0 aromatic carbocycles. The van der Waals surface area contributed by atoms with E-state index in [9.17, 15) is 9.59 Å². The van der Waals surface area contributed by atoms with Crippen molar-refractivity contribution in [3.05, 3.63) is 0 Å². The third-order valence-electron chi connectivity index (χ3n) is 2.20. The molecular weight excluding hydrogens is 220 g/mol. The van der Waals surface area contributed by atoms with Gasteiger partial charge in [0.2, 0.25) is 5.91 Å². The Bertz CT molecular complexity index is 198. The van der Waals surface area contributed by atoms with Crippen molar-refractivity contribution in [2.45, 2.75) is 39.5 Å². The second kappa shape index (κ2) is 11.4. The molecule has 0 atom stereocenters. The first kappa shape index (κ1) is 15.9. The summed E-state index contributed by atoms with van der Waals surface area (Å²) in [5.74, 6) is -0.0955. The van der Waals surface area contributed by atoms with Crippen LogP contribution in [0.25, 0.3) is 0 Å². The van der Waals surface area contributed by atoms with Gasteiger partial charge in [0.25, 0.3) is 0 Å². The van der Waals surface area contributed by atoms with Crippen molar-refractivity contribution in [3.63, 3.8) is 0 Å². The quantitative estimate of drug-likeness (QED) is 0.441. The van der Waals surface area contributed by atoms with Crippen molar-refractivity contribution in [1.82, 2.24) is 10.6 Å². The molecule has 0 aliphatic carbocycles. The third-order valence-corrected chi connectivity index (χ3v) is 2.20. The average Bonchev–Trinajstić information content (AvgIpc) is 2.28. The Kier molecular flexibility index (Phi) is 10.7. The van der Waals surface area contributed by atoms with Crippen molar-refractivity contribution >= 4 is 11.9 Å². The van der Waals surface area contributed by atoms with E-state index in [1.807, 2.05) is 13.8 Å². The molecule has 0 aromatic rings. The van der Waals surface area contributed by atoms with E-state index in [-0.39, 0.29) is 11.9 Å². The van der Waals surface area contributed by atoms with Crippen molar-refractivity contribution in [3.8, 4) is 0 Å². The molecule has 0 unspecified atom stereocenters. The number of esters is 1. The van der Waals surface area contributed by atoms with Crippen LogP contribution in [-0.4, -0.2) is 38.1 Å². The van der Waals surface area contributed by atoms with Crippen LogP contribution in [-0.2, 0) is 14.3 Å². The largest absolute Gasteiger partial charge is 0.466 e. The summed E-state index contributed by atoms with van der Waals surface area (Å²) in [7, 11) is 0. The van der Waals surface area contributed by atoms with Gasteiger partial charge in [-0.15, -0.1) is 0 Å². The molecule has 100 valence electrons. The number of hydrogen-bond acceptors (Lipinski definition) is 4. The van der Waals surface area contributed by atoms with Crippen LogP contribution in [0.15, 0.2) is 0 Å². The van der Waals surface area contributed by atoms with Crippen molar-refractivity contribution in [2.75, 3.05) is 26.2 Å². The Hall–Kier alpha value is -1.10. The van der Waals surface area contributed by atoms with Crippen molar-refractivity contribution in [1.29, 1.82) is 0 Å².